The third-order valence-electron chi connectivity index (χ3n) is 6.22. The molecule has 1 aromatic heterocycles. The molecular formula is C18H20N2O3. The van der Waals surface area contributed by atoms with E-state index in [4.69, 9.17) is 4.42 Å². The number of nitrogens with one attached hydrogen (secondary N) is 2. The van der Waals surface area contributed by atoms with Gasteiger partial charge in [0, 0.05) is 0 Å². The van der Waals surface area contributed by atoms with Crippen LogP contribution in [0, 0.1) is 23.2 Å². The molecule has 1 amide bonds. The Morgan fingerprint density at radius 1 is 1.13 bits per heavy atom. The van der Waals surface area contributed by atoms with Gasteiger partial charge in [0.25, 0.3) is 0 Å². The Kier molecular flexibility index (Phi) is 2.62. The molecule has 120 valence electrons. The van der Waals surface area contributed by atoms with Crippen LogP contribution < -0.4 is 11.1 Å². The molecule has 0 atom stereocenters. The molecule has 4 fully saturated rings. The maximum atomic E-state index is 13.1. The SMILES string of the molecule is O=C(Nc1cccc2oc(=O)[nH]c12)C12CC3CC(CC(C3)C1)C2. The van der Waals surface area contributed by atoms with Crippen molar-refractivity contribution in [2.45, 2.75) is 38.5 Å². The molecule has 6 rings (SSSR count). The van der Waals surface area contributed by atoms with Crippen LogP contribution in [0.4, 0.5) is 5.69 Å². The van der Waals surface area contributed by atoms with Crippen LogP contribution in [0.1, 0.15) is 38.5 Å². The number of benzene rings is 1. The first-order chi connectivity index (χ1) is 11.1. The minimum Gasteiger partial charge on any atom is -0.408 e. The van der Waals surface area contributed by atoms with Crippen molar-refractivity contribution in [2.75, 3.05) is 5.32 Å². The quantitative estimate of drug-likeness (QED) is 0.893. The molecule has 1 heterocycles. The minimum absolute atomic E-state index is 0.131. The lowest BCUT2D eigenvalue weighted by atomic mass is 9.49. The molecule has 1 aromatic carbocycles. The Hall–Kier alpha value is -2.04. The number of para-hydroxylation sites is 1. The number of fused-ring (bicyclic) bond motifs is 1. The van der Waals surface area contributed by atoms with Crippen LogP contribution in [0.3, 0.4) is 0 Å². The number of carbonyl (C=O) groups excluding carboxylic acids is 1. The molecule has 4 aliphatic carbocycles. The van der Waals surface area contributed by atoms with Crippen molar-refractivity contribution in [1.29, 1.82) is 0 Å². The van der Waals surface area contributed by atoms with Gasteiger partial charge in [0.15, 0.2) is 5.58 Å². The normalized spacial score (nSPS) is 34.9. The Balaban J connectivity index is 1.48. The number of rotatable bonds is 2. The number of hydrogen-bond donors (Lipinski definition) is 2. The van der Waals surface area contributed by atoms with Gasteiger partial charge in [0.1, 0.15) is 5.52 Å². The smallest absolute Gasteiger partial charge is 0.408 e. The van der Waals surface area contributed by atoms with E-state index < -0.39 is 5.76 Å². The van der Waals surface area contributed by atoms with Crippen molar-refractivity contribution in [1.82, 2.24) is 4.98 Å². The fourth-order valence-electron chi connectivity index (χ4n) is 5.72. The van der Waals surface area contributed by atoms with Crippen molar-refractivity contribution in [2.24, 2.45) is 23.2 Å². The van der Waals surface area contributed by atoms with Gasteiger partial charge in [0.05, 0.1) is 11.1 Å². The van der Waals surface area contributed by atoms with Gasteiger partial charge in [-0.2, -0.15) is 0 Å². The van der Waals surface area contributed by atoms with E-state index in [0.29, 0.717) is 16.8 Å². The van der Waals surface area contributed by atoms with E-state index >= 15 is 0 Å². The van der Waals surface area contributed by atoms with Crippen LogP contribution in [-0.2, 0) is 4.79 Å². The van der Waals surface area contributed by atoms with E-state index in [-0.39, 0.29) is 11.3 Å². The summed E-state index contributed by atoms with van der Waals surface area (Å²) >= 11 is 0. The van der Waals surface area contributed by atoms with Gasteiger partial charge in [-0.25, -0.2) is 4.79 Å². The summed E-state index contributed by atoms with van der Waals surface area (Å²) in [6, 6.07) is 5.36. The number of aromatic amines is 1. The van der Waals surface area contributed by atoms with Crippen LogP contribution in [-0.4, -0.2) is 10.9 Å². The number of anilines is 1. The molecule has 0 aliphatic heterocycles. The summed E-state index contributed by atoms with van der Waals surface area (Å²) in [5, 5.41) is 3.09. The molecule has 0 saturated heterocycles. The Morgan fingerprint density at radius 3 is 2.43 bits per heavy atom. The van der Waals surface area contributed by atoms with Crippen LogP contribution in [0.2, 0.25) is 0 Å². The number of aromatic nitrogens is 1. The molecule has 4 saturated carbocycles. The van der Waals surface area contributed by atoms with Gasteiger partial charge in [-0.05, 0) is 68.4 Å². The van der Waals surface area contributed by atoms with Gasteiger partial charge in [-0.3, -0.25) is 9.78 Å². The van der Waals surface area contributed by atoms with Crippen LogP contribution in [0.25, 0.3) is 11.1 Å². The van der Waals surface area contributed by atoms with E-state index in [2.05, 4.69) is 10.3 Å². The Labute approximate surface area is 133 Å². The minimum atomic E-state index is -0.489. The predicted octanol–water partition coefficient (Wildman–Crippen LogP) is 3.28. The summed E-state index contributed by atoms with van der Waals surface area (Å²) < 4.78 is 5.08. The molecule has 23 heavy (non-hydrogen) atoms. The van der Waals surface area contributed by atoms with E-state index in [0.717, 1.165) is 37.0 Å². The lowest BCUT2D eigenvalue weighted by Gasteiger charge is -2.55. The first-order valence-electron chi connectivity index (χ1n) is 8.55. The zero-order chi connectivity index (χ0) is 15.6. The van der Waals surface area contributed by atoms with Crippen LogP contribution in [0.5, 0.6) is 0 Å². The molecule has 0 unspecified atom stereocenters. The summed E-state index contributed by atoms with van der Waals surface area (Å²) in [6.45, 7) is 0. The van der Waals surface area contributed by atoms with Gasteiger partial charge >= 0.3 is 5.76 Å². The number of oxazole rings is 1. The maximum Gasteiger partial charge on any atom is 0.417 e. The van der Waals surface area contributed by atoms with Gasteiger partial charge in [-0.1, -0.05) is 6.07 Å². The van der Waals surface area contributed by atoms with E-state index in [1.54, 1.807) is 12.1 Å². The number of H-pyrrole nitrogens is 1. The van der Waals surface area contributed by atoms with Crippen molar-refractivity contribution in [3.63, 3.8) is 0 Å². The summed E-state index contributed by atoms with van der Waals surface area (Å²) in [5.74, 6) is 1.84. The first kappa shape index (κ1) is 13.4. The van der Waals surface area contributed by atoms with Gasteiger partial charge < -0.3 is 9.73 Å². The summed E-state index contributed by atoms with van der Waals surface area (Å²) in [4.78, 5) is 27.2. The number of carbonyl (C=O) groups is 1. The summed E-state index contributed by atoms with van der Waals surface area (Å²) in [7, 11) is 0. The van der Waals surface area contributed by atoms with Crippen molar-refractivity contribution < 1.29 is 9.21 Å². The molecule has 5 heteroatoms. The van der Waals surface area contributed by atoms with Crippen molar-refractivity contribution in [3.05, 3.63) is 28.7 Å². The summed E-state index contributed by atoms with van der Waals surface area (Å²) in [6.07, 6.45) is 7.04. The third-order valence-corrected chi connectivity index (χ3v) is 6.22. The highest BCUT2D eigenvalue weighted by Gasteiger charge is 2.54. The highest BCUT2D eigenvalue weighted by molar-refractivity contribution is 6.01. The van der Waals surface area contributed by atoms with Crippen LogP contribution >= 0.6 is 0 Å². The molecule has 0 spiro atoms. The number of amides is 1. The second-order valence-corrected chi connectivity index (χ2v) is 7.85. The second kappa shape index (κ2) is 4.49. The molecule has 4 aliphatic rings. The summed E-state index contributed by atoms with van der Waals surface area (Å²) in [5.41, 5.74) is 1.52. The monoisotopic (exact) mass is 312 g/mol. The molecular weight excluding hydrogens is 292 g/mol. The Bertz CT molecular complexity index is 812. The maximum absolute atomic E-state index is 13.1. The zero-order valence-electron chi connectivity index (χ0n) is 12.9. The zero-order valence-corrected chi connectivity index (χ0v) is 12.9. The average Bonchev–Trinajstić information content (AvgIpc) is 2.87. The second-order valence-electron chi connectivity index (χ2n) is 7.85. The highest BCUT2D eigenvalue weighted by atomic mass is 16.4. The fraction of sp³-hybridized carbons (Fsp3) is 0.556. The molecule has 2 N–H and O–H groups in total. The lowest BCUT2D eigenvalue weighted by Crippen LogP contribution is -2.51. The fourth-order valence-corrected chi connectivity index (χ4v) is 5.72. The lowest BCUT2D eigenvalue weighted by molar-refractivity contribution is -0.140. The largest absolute Gasteiger partial charge is 0.417 e. The predicted molar refractivity (Wildman–Crippen MR) is 86.1 cm³/mol. The van der Waals surface area contributed by atoms with E-state index in [1.165, 1.54) is 19.3 Å². The van der Waals surface area contributed by atoms with Crippen molar-refractivity contribution in [3.8, 4) is 0 Å². The van der Waals surface area contributed by atoms with E-state index in [1.807, 2.05) is 6.07 Å². The standard InChI is InChI=1S/C18H20N2O3/c21-16(18-7-10-4-11(8-18)6-12(5-10)9-18)19-13-2-1-3-14-15(13)20-17(22)23-14/h1-3,10-12H,4-9H2,(H,19,21)(H,20,22). The molecule has 2 aromatic rings. The van der Waals surface area contributed by atoms with Crippen LogP contribution in [0.15, 0.2) is 27.4 Å². The topological polar surface area (TPSA) is 75.1 Å². The molecule has 4 bridgehead atoms. The van der Waals surface area contributed by atoms with Gasteiger partial charge in [-0.15, -0.1) is 0 Å². The average molecular weight is 312 g/mol. The first-order valence-corrected chi connectivity index (χ1v) is 8.55. The molecule has 5 nitrogen and oxygen atoms in total. The third kappa shape index (κ3) is 1.98. The van der Waals surface area contributed by atoms with Gasteiger partial charge in [0.2, 0.25) is 5.91 Å². The van der Waals surface area contributed by atoms with E-state index in [9.17, 15) is 9.59 Å². The highest BCUT2D eigenvalue weighted by Crippen LogP contribution is 2.60. The van der Waals surface area contributed by atoms with Crippen molar-refractivity contribution >= 4 is 22.7 Å². The Morgan fingerprint density at radius 2 is 1.78 bits per heavy atom. The molecule has 0 radical (unpaired) electrons. The number of hydrogen-bond acceptors (Lipinski definition) is 3.